The van der Waals surface area contributed by atoms with Crippen LogP contribution in [-0.2, 0) is 9.59 Å². The molecule has 7 nitrogen and oxygen atoms in total. The zero-order chi connectivity index (χ0) is 13.1. The van der Waals surface area contributed by atoms with Gasteiger partial charge < -0.3 is 21.1 Å². The highest BCUT2D eigenvalue weighted by Crippen LogP contribution is 2.31. The van der Waals surface area contributed by atoms with E-state index in [1.54, 1.807) is 0 Å². The minimum absolute atomic E-state index is 0.335. The first kappa shape index (κ1) is 13.3. The molecule has 0 aromatic carbocycles. The molecule has 4 N–H and O–H groups in total. The van der Waals surface area contributed by atoms with Gasteiger partial charge in [0.25, 0.3) is 0 Å². The largest absolute Gasteiger partial charge is 0.480 e. The molecule has 0 bridgehead atoms. The Kier molecular flexibility index (Phi) is 3.93. The number of amides is 3. The normalized spacial score (nSPS) is 18.5. The predicted molar refractivity (Wildman–Crippen MR) is 59.4 cm³/mol. The summed E-state index contributed by atoms with van der Waals surface area (Å²) < 4.78 is 0. The van der Waals surface area contributed by atoms with E-state index in [0.717, 1.165) is 6.42 Å². The molecule has 96 valence electrons. The van der Waals surface area contributed by atoms with Crippen LogP contribution in [0.2, 0.25) is 0 Å². The van der Waals surface area contributed by atoms with Crippen molar-refractivity contribution < 1.29 is 19.5 Å². The van der Waals surface area contributed by atoms with Crippen LogP contribution in [0.3, 0.4) is 0 Å². The monoisotopic (exact) mass is 243 g/mol. The molecule has 3 amide bonds. The van der Waals surface area contributed by atoms with Crippen LogP contribution >= 0.6 is 0 Å². The molecule has 1 rings (SSSR count). The maximum atomic E-state index is 11.5. The van der Waals surface area contributed by atoms with Crippen LogP contribution in [0.25, 0.3) is 0 Å². The molecule has 17 heavy (non-hydrogen) atoms. The number of aliphatic carboxylic acids is 1. The van der Waals surface area contributed by atoms with Gasteiger partial charge in [-0.2, -0.15) is 0 Å². The molecule has 7 heteroatoms. The van der Waals surface area contributed by atoms with Crippen molar-refractivity contribution in [3.05, 3.63) is 0 Å². The lowest BCUT2D eigenvalue weighted by atomic mass is 9.77. The van der Waals surface area contributed by atoms with Gasteiger partial charge >= 0.3 is 12.0 Å². The van der Waals surface area contributed by atoms with Crippen molar-refractivity contribution in [3.63, 3.8) is 0 Å². The van der Waals surface area contributed by atoms with Crippen LogP contribution in [0.5, 0.6) is 0 Å². The van der Waals surface area contributed by atoms with Crippen LogP contribution in [0.15, 0.2) is 0 Å². The summed E-state index contributed by atoms with van der Waals surface area (Å²) in [5, 5.41) is 16.2. The molecule has 0 aliphatic heterocycles. The first-order chi connectivity index (χ1) is 7.91. The lowest BCUT2D eigenvalue weighted by molar-refractivity contribution is -0.148. The van der Waals surface area contributed by atoms with Crippen molar-refractivity contribution in [1.82, 2.24) is 16.0 Å². The molecule has 0 spiro atoms. The highest BCUT2D eigenvalue weighted by molar-refractivity contribution is 5.90. The Labute approximate surface area is 98.9 Å². The van der Waals surface area contributed by atoms with Crippen molar-refractivity contribution in [1.29, 1.82) is 0 Å². The second-order valence-electron chi connectivity index (χ2n) is 4.18. The second-order valence-corrected chi connectivity index (χ2v) is 4.18. The Morgan fingerprint density at radius 3 is 2.24 bits per heavy atom. The Balaban J connectivity index is 2.49. The van der Waals surface area contributed by atoms with Gasteiger partial charge in [-0.3, -0.25) is 4.79 Å². The SMILES string of the molecule is CNC(=O)C(C)NC(=O)NC1(C(=O)O)CCC1. The molecule has 1 unspecified atom stereocenters. The highest BCUT2D eigenvalue weighted by Gasteiger charge is 2.45. The number of likely N-dealkylation sites (N-methyl/N-ethyl adjacent to an activating group) is 1. The Hall–Kier alpha value is -1.79. The Morgan fingerprint density at radius 1 is 1.29 bits per heavy atom. The molecule has 0 heterocycles. The number of hydrogen-bond donors (Lipinski definition) is 4. The average molecular weight is 243 g/mol. The van der Waals surface area contributed by atoms with E-state index in [0.29, 0.717) is 12.8 Å². The van der Waals surface area contributed by atoms with E-state index in [4.69, 9.17) is 5.11 Å². The third-order valence-corrected chi connectivity index (χ3v) is 2.96. The molecule has 1 aliphatic carbocycles. The van der Waals surface area contributed by atoms with Crippen LogP contribution in [0, 0.1) is 0 Å². The van der Waals surface area contributed by atoms with Crippen molar-refractivity contribution in [2.45, 2.75) is 37.8 Å². The van der Waals surface area contributed by atoms with E-state index >= 15 is 0 Å². The number of rotatable bonds is 4. The number of nitrogens with one attached hydrogen (secondary N) is 3. The maximum absolute atomic E-state index is 11.5. The lowest BCUT2D eigenvalue weighted by Crippen LogP contribution is -2.62. The van der Waals surface area contributed by atoms with Gasteiger partial charge in [0.15, 0.2) is 0 Å². The summed E-state index contributed by atoms with van der Waals surface area (Å²) in [6, 6.07) is -1.34. The maximum Gasteiger partial charge on any atom is 0.329 e. The summed E-state index contributed by atoms with van der Waals surface area (Å²) in [6.07, 6.45) is 1.62. The fraction of sp³-hybridized carbons (Fsp3) is 0.700. The molecule has 0 aromatic rings. The van der Waals surface area contributed by atoms with Crippen LogP contribution < -0.4 is 16.0 Å². The summed E-state index contributed by atoms with van der Waals surface area (Å²) in [5.41, 5.74) is -1.16. The zero-order valence-corrected chi connectivity index (χ0v) is 9.87. The van der Waals surface area contributed by atoms with E-state index in [-0.39, 0.29) is 5.91 Å². The Morgan fingerprint density at radius 2 is 1.88 bits per heavy atom. The fourth-order valence-corrected chi connectivity index (χ4v) is 1.65. The molecule has 1 fully saturated rings. The number of urea groups is 1. The van der Waals surface area contributed by atoms with Crippen molar-refractivity contribution in [2.24, 2.45) is 0 Å². The van der Waals surface area contributed by atoms with Crippen LogP contribution in [0.1, 0.15) is 26.2 Å². The minimum Gasteiger partial charge on any atom is -0.480 e. The predicted octanol–water partition coefficient (Wildman–Crippen LogP) is -0.573. The van der Waals surface area contributed by atoms with Gasteiger partial charge in [0.2, 0.25) is 5.91 Å². The topological polar surface area (TPSA) is 108 Å². The molecule has 1 saturated carbocycles. The van der Waals surface area contributed by atoms with E-state index in [9.17, 15) is 14.4 Å². The number of carboxylic acid groups (broad SMARTS) is 1. The lowest BCUT2D eigenvalue weighted by Gasteiger charge is -2.38. The fourth-order valence-electron chi connectivity index (χ4n) is 1.65. The Bertz CT molecular complexity index is 338. The summed E-state index contributed by atoms with van der Waals surface area (Å²) in [5.74, 6) is -1.37. The standard InChI is InChI=1S/C10H17N3O4/c1-6(7(14)11-2)12-9(17)13-10(8(15)16)4-3-5-10/h6H,3-5H2,1-2H3,(H,11,14)(H,15,16)(H2,12,13,17). The van der Waals surface area contributed by atoms with Crippen molar-refractivity contribution >= 4 is 17.9 Å². The van der Waals surface area contributed by atoms with Crippen LogP contribution in [0.4, 0.5) is 4.79 Å². The van der Waals surface area contributed by atoms with Gasteiger partial charge in [-0.1, -0.05) is 0 Å². The number of carbonyl (C=O) groups is 3. The van der Waals surface area contributed by atoms with E-state index in [1.807, 2.05) is 0 Å². The summed E-state index contributed by atoms with van der Waals surface area (Å²) in [7, 11) is 1.46. The van der Waals surface area contributed by atoms with E-state index < -0.39 is 23.6 Å². The summed E-state index contributed by atoms with van der Waals surface area (Å²) in [6.45, 7) is 1.52. The summed E-state index contributed by atoms with van der Waals surface area (Å²) in [4.78, 5) is 33.7. The van der Waals surface area contributed by atoms with Crippen LogP contribution in [-0.4, -0.2) is 41.6 Å². The number of carboxylic acids is 1. The third kappa shape index (κ3) is 2.86. The summed E-state index contributed by atoms with van der Waals surface area (Å²) >= 11 is 0. The molecule has 1 aliphatic rings. The molecule has 0 saturated heterocycles. The van der Waals surface area contributed by atoms with Gasteiger partial charge in [-0.15, -0.1) is 0 Å². The first-order valence-corrected chi connectivity index (χ1v) is 5.45. The quantitative estimate of drug-likeness (QED) is 0.530. The molecule has 0 radical (unpaired) electrons. The van der Waals surface area contributed by atoms with Crippen molar-refractivity contribution in [2.75, 3.05) is 7.05 Å². The number of hydrogen-bond acceptors (Lipinski definition) is 3. The zero-order valence-electron chi connectivity index (χ0n) is 9.87. The molecule has 1 atom stereocenters. The van der Waals surface area contributed by atoms with Crippen molar-refractivity contribution in [3.8, 4) is 0 Å². The van der Waals surface area contributed by atoms with Gasteiger partial charge in [-0.25, -0.2) is 9.59 Å². The van der Waals surface area contributed by atoms with Gasteiger partial charge in [0.05, 0.1) is 0 Å². The molecule has 0 aromatic heterocycles. The van der Waals surface area contributed by atoms with Gasteiger partial charge in [0, 0.05) is 7.05 Å². The van der Waals surface area contributed by atoms with E-state index in [2.05, 4.69) is 16.0 Å². The molecular formula is C10H17N3O4. The first-order valence-electron chi connectivity index (χ1n) is 5.45. The minimum atomic E-state index is -1.16. The smallest absolute Gasteiger partial charge is 0.329 e. The second kappa shape index (κ2) is 5.03. The molecular weight excluding hydrogens is 226 g/mol. The third-order valence-electron chi connectivity index (χ3n) is 2.96. The van der Waals surface area contributed by atoms with Gasteiger partial charge in [-0.05, 0) is 26.2 Å². The van der Waals surface area contributed by atoms with E-state index in [1.165, 1.54) is 14.0 Å². The highest BCUT2D eigenvalue weighted by atomic mass is 16.4. The average Bonchev–Trinajstić information content (AvgIpc) is 2.21. The van der Waals surface area contributed by atoms with Gasteiger partial charge in [0.1, 0.15) is 11.6 Å². The number of carbonyl (C=O) groups excluding carboxylic acids is 2.